The molecule has 0 aliphatic rings. The number of carbonyl (C=O) groups excluding carboxylic acids is 1. The fraction of sp³-hybridized carbons (Fsp3) is 0.800. The van der Waals surface area contributed by atoms with Gasteiger partial charge in [0.05, 0.1) is 0 Å². The molecule has 0 heterocycles. The third-order valence-electron chi connectivity index (χ3n) is 0.789. The van der Waals surface area contributed by atoms with Crippen LogP contribution < -0.4 is 63.3 Å². The molecule has 0 spiro atoms. The summed E-state index contributed by atoms with van der Waals surface area (Å²) in [6.07, 6.45) is 1.12. The fourth-order valence-corrected chi connectivity index (χ4v) is 0.381. The molecule has 0 saturated heterocycles. The molecule has 9 heavy (non-hydrogen) atoms. The van der Waals surface area contributed by atoms with Crippen LogP contribution in [0.25, 0.3) is 0 Å². The molecule has 4 heteroatoms. The summed E-state index contributed by atoms with van der Waals surface area (Å²) in [6.45, 7) is 0.0628. The van der Waals surface area contributed by atoms with Gasteiger partial charge in [0, 0.05) is 12.6 Å². The van der Waals surface area contributed by atoms with E-state index >= 15 is 0 Å². The van der Waals surface area contributed by atoms with Crippen LogP contribution in [0, 0.1) is 0 Å². The van der Waals surface area contributed by atoms with Gasteiger partial charge >= 0.3 is 58.2 Å². The summed E-state index contributed by atoms with van der Waals surface area (Å²) in [7, 11) is 0. The number of hydrogen-bond donors (Lipinski definition) is 1. The first-order valence-electron chi connectivity index (χ1n) is 2.58. The normalized spacial score (nSPS) is 8.11. The zero-order valence-corrected chi connectivity index (χ0v) is 10.5. The predicted molar refractivity (Wildman–Crippen MR) is 25.9 cm³/mol. The number of aliphatic hydroxyl groups excluding tert-OH is 1. The maximum Gasteiger partial charge on any atom is 1.00 e. The van der Waals surface area contributed by atoms with Crippen LogP contribution >= 0.6 is 0 Å². The van der Waals surface area contributed by atoms with Gasteiger partial charge in [0.2, 0.25) is 0 Å². The molecule has 0 rings (SSSR count). The topological polar surface area (TPSA) is 60.4 Å². The van der Waals surface area contributed by atoms with Gasteiger partial charge in [-0.15, -0.1) is 0 Å². The van der Waals surface area contributed by atoms with Crippen LogP contribution in [0.3, 0.4) is 0 Å². The van der Waals surface area contributed by atoms with E-state index < -0.39 is 5.97 Å². The van der Waals surface area contributed by atoms with Crippen LogP contribution in [0.2, 0.25) is 0 Å². The second-order valence-electron chi connectivity index (χ2n) is 1.55. The van der Waals surface area contributed by atoms with E-state index in [1.165, 1.54) is 0 Å². The van der Waals surface area contributed by atoms with Gasteiger partial charge in [-0.25, -0.2) is 0 Å². The van der Waals surface area contributed by atoms with Gasteiger partial charge in [-0.3, -0.25) is 0 Å². The summed E-state index contributed by atoms with van der Waals surface area (Å²) >= 11 is 0. The Labute approximate surface area is 103 Å². The number of aliphatic hydroxyl groups is 1. The zero-order valence-electron chi connectivity index (χ0n) is 5.59. The van der Waals surface area contributed by atoms with Crippen molar-refractivity contribution in [1.29, 1.82) is 0 Å². The van der Waals surface area contributed by atoms with Crippen molar-refractivity contribution in [3.05, 3.63) is 0 Å². The number of aliphatic carboxylic acids is 1. The van der Waals surface area contributed by atoms with Crippen molar-refractivity contribution in [2.24, 2.45) is 0 Å². The summed E-state index contributed by atoms with van der Waals surface area (Å²) < 4.78 is 0. The summed E-state index contributed by atoms with van der Waals surface area (Å²) in [6, 6.07) is 0. The van der Waals surface area contributed by atoms with Crippen molar-refractivity contribution in [3.63, 3.8) is 0 Å². The Balaban J connectivity index is 0. The maximum absolute atomic E-state index is 9.68. The number of carbonyl (C=O) groups is 1. The molecule has 1 N–H and O–H groups in total. The van der Waals surface area contributed by atoms with Gasteiger partial charge in [-0.1, -0.05) is 0 Å². The monoisotopic (exact) mass is 202 g/mol. The van der Waals surface area contributed by atoms with Crippen molar-refractivity contribution in [2.75, 3.05) is 6.61 Å². The molecule has 0 amide bonds. The van der Waals surface area contributed by atoms with Gasteiger partial charge in [-0.2, -0.15) is 0 Å². The summed E-state index contributed by atoms with van der Waals surface area (Å²) in [4.78, 5) is 9.68. The third kappa shape index (κ3) is 12.4. The van der Waals surface area contributed by atoms with Crippen LogP contribution in [0.1, 0.15) is 19.3 Å². The molecular formula is C5H9O3Rb. The molecule has 0 radical (unpaired) electrons. The Hall–Kier alpha value is 1.24. The van der Waals surface area contributed by atoms with E-state index in [1.807, 2.05) is 0 Å². The average molecular weight is 203 g/mol. The summed E-state index contributed by atoms with van der Waals surface area (Å²) in [5, 5.41) is 17.8. The second-order valence-corrected chi connectivity index (χ2v) is 1.55. The van der Waals surface area contributed by atoms with Crippen molar-refractivity contribution in [1.82, 2.24) is 0 Å². The summed E-state index contributed by atoms with van der Waals surface area (Å²) in [5.74, 6) is -1.04. The van der Waals surface area contributed by atoms with Crippen LogP contribution in [-0.2, 0) is 4.79 Å². The second kappa shape index (κ2) is 9.24. The van der Waals surface area contributed by atoms with Crippen molar-refractivity contribution >= 4 is 5.97 Å². The minimum absolute atomic E-state index is 0. The molecular weight excluding hydrogens is 194 g/mol. The van der Waals surface area contributed by atoms with Crippen molar-refractivity contribution in [2.45, 2.75) is 19.3 Å². The Morgan fingerprint density at radius 2 is 2.00 bits per heavy atom. The first-order valence-corrected chi connectivity index (χ1v) is 2.58. The molecule has 0 fully saturated rings. The SMILES string of the molecule is O=C([O-])CCCCO.[Rb+]. The molecule has 48 valence electrons. The largest absolute Gasteiger partial charge is 1.00 e. The molecule has 0 aromatic heterocycles. The van der Waals surface area contributed by atoms with Gasteiger partial charge in [0.25, 0.3) is 0 Å². The van der Waals surface area contributed by atoms with Gasteiger partial charge in [0.15, 0.2) is 0 Å². The minimum atomic E-state index is -1.04. The average Bonchev–Trinajstić information content (AvgIpc) is 1.66. The van der Waals surface area contributed by atoms with E-state index in [4.69, 9.17) is 5.11 Å². The number of hydrogen-bond acceptors (Lipinski definition) is 3. The third-order valence-corrected chi connectivity index (χ3v) is 0.789. The smallest absolute Gasteiger partial charge is 0.550 e. The van der Waals surface area contributed by atoms with Crippen molar-refractivity contribution in [3.8, 4) is 0 Å². The van der Waals surface area contributed by atoms with Gasteiger partial charge in [0.1, 0.15) is 0 Å². The van der Waals surface area contributed by atoms with Crippen LogP contribution in [0.5, 0.6) is 0 Å². The van der Waals surface area contributed by atoms with E-state index in [0.717, 1.165) is 0 Å². The molecule has 0 aromatic rings. The predicted octanol–water partition coefficient (Wildman–Crippen LogP) is -4.10. The Morgan fingerprint density at radius 3 is 2.33 bits per heavy atom. The van der Waals surface area contributed by atoms with Gasteiger partial charge in [-0.05, 0) is 19.3 Å². The molecule has 0 atom stereocenters. The summed E-state index contributed by atoms with van der Waals surface area (Å²) in [5.41, 5.74) is 0. The van der Waals surface area contributed by atoms with E-state index in [-0.39, 0.29) is 71.2 Å². The van der Waals surface area contributed by atoms with Crippen LogP contribution in [0.4, 0.5) is 0 Å². The van der Waals surface area contributed by atoms with Gasteiger partial charge < -0.3 is 15.0 Å². The first-order chi connectivity index (χ1) is 3.77. The molecule has 0 aliphatic carbocycles. The van der Waals surface area contributed by atoms with Crippen molar-refractivity contribution < 1.29 is 73.2 Å². The number of unbranched alkanes of at least 4 members (excludes halogenated alkanes) is 1. The maximum atomic E-state index is 9.68. The molecule has 0 aromatic carbocycles. The molecule has 3 nitrogen and oxygen atoms in total. The standard InChI is InChI=1S/C5H10O3.Rb/c6-4-2-1-3-5(7)8;/h6H,1-4H2,(H,7,8);/q;+1/p-1. The van der Waals surface area contributed by atoms with Crippen LogP contribution in [0.15, 0.2) is 0 Å². The van der Waals surface area contributed by atoms with E-state index in [1.54, 1.807) is 0 Å². The molecule has 0 unspecified atom stereocenters. The Bertz CT molecular complexity index is 74.6. The number of rotatable bonds is 4. The van der Waals surface area contributed by atoms with Crippen LogP contribution in [-0.4, -0.2) is 17.7 Å². The number of carboxylic acid groups (broad SMARTS) is 1. The van der Waals surface area contributed by atoms with E-state index in [9.17, 15) is 9.90 Å². The molecule has 0 aliphatic heterocycles. The Kier molecular flexibility index (Phi) is 13.2. The minimum Gasteiger partial charge on any atom is -0.550 e. The molecule has 0 bridgehead atoms. The fourth-order valence-electron chi connectivity index (χ4n) is 0.381. The Morgan fingerprint density at radius 1 is 1.44 bits per heavy atom. The van der Waals surface area contributed by atoms with E-state index in [2.05, 4.69) is 0 Å². The quantitative estimate of drug-likeness (QED) is 0.472. The molecule has 0 saturated carbocycles. The first kappa shape index (κ1) is 12.9. The zero-order chi connectivity index (χ0) is 6.41. The van der Waals surface area contributed by atoms with E-state index in [0.29, 0.717) is 12.8 Å². The number of carboxylic acids is 1.